The maximum absolute atomic E-state index is 11.8. The van der Waals surface area contributed by atoms with E-state index in [1.165, 1.54) is 0 Å². The highest BCUT2D eigenvalue weighted by molar-refractivity contribution is 6.42. The monoisotopic (exact) mass is 288 g/mol. The molecule has 1 aliphatic heterocycles. The molecule has 2 rings (SSSR count). The topological polar surface area (TPSA) is 52.6 Å². The highest BCUT2D eigenvalue weighted by Gasteiger charge is 2.21. The van der Waals surface area contributed by atoms with E-state index in [-0.39, 0.29) is 18.6 Å². The number of halogens is 2. The van der Waals surface area contributed by atoms with E-state index in [9.17, 15) is 9.90 Å². The van der Waals surface area contributed by atoms with Gasteiger partial charge in [-0.2, -0.15) is 0 Å². The summed E-state index contributed by atoms with van der Waals surface area (Å²) in [5.74, 6) is -0.123. The standard InChI is InChI=1S/C12H14Cl2N2O2/c13-10-2-1-8(5-11(10)14)15-12(18)7-16-4-3-9(17)6-16/h1-2,5,9,17H,3-4,6-7H2,(H,15,18)/t9-/m1/s1. The molecule has 0 saturated carbocycles. The number of hydrogen-bond donors (Lipinski definition) is 2. The lowest BCUT2D eigenvalue weighted by atomic mass is 10.3. The number of nitrogens with one attached hydrogen (secondary N) is 1. The number of β-amino-alcohol motifs (C(OH)–C–C–N with tert-alkyl or cyclic N) is 1. The molecule has 4 nitrogen and oxygen atoms in total. The molecule has 6 heteroatoms. The lowest BCUT2D eigenvalue weighted by Gasteiger charge is -2.14. The SMILES string of the molecule is O=C(CN1CC[C@@H](O)C1)Nc1ccc(Cl)c(Cl)c1. The molecule has 18 heavy (non-hydrogen) atoms. The normalized spacial score (nSPS) is 20.1. The Labute approximate surface area is 115 Å². The van der Waals surface area contributed by atoms with Crippen LogP contribution < -0.4 is 5.32 Å². The molecule has 0 unspecified atom stereocenters. The molecular formula is C12H14Cl2N2O2. The van der Waals surface area contributed by atoms with Gasteiger partial charge in [-0.1, -0.05) is 23.2 Å². The minimum atomic E-state index is -0.317. The van der Waals surface area contributed by atoms with Crippen LogP contribution >= 0.6 is 23.2 Å². The molecule has 1 saturated heterocycles. The largest absolute Gasteiger partial charge is 0.392 e. The van der Waals surface area contributed by atoms with Crippen molar-refractivity contribution in [1.82, 2.24) is 4.90 Å². The fourth-order valence-electron chi connectivity index (χ4n) is 1.93. The van der Waals surface area contributed by atoms with E-state index in [4.69, 9.17) is 23.2 Å². The van der Waals surface area contributed by atoms with E-state index >= 15 is 0 Å². The minimum absolute atomic E-state index is 0.123. The number of carbonyl (C=O) groups is 1. The summed E-state index contributed by atoms with van der Waals surface area (Å²) >= 11 is 11.7. The van der Waals surface area contributed by atoms with Crippen molar-refractivity contribution in [3.8, 4) is 0 Å². The van der Waals surface area contributed by atoms with Crippen molar-refractivity contribution in [2.75, 3.05) is 25.0 Å². The van der Waals surface area contributed by atoms with Gasteiger partial charge in [-0.25, -0.2) is 0 Å². The van der Waals surface area contributed by atoms with E-state index in [0.717, 1.165) is 13.0 Å². The summed E-state index contributed by atoms with van der Waals surface area (Å²) in [4.78, 5) is 13.7. The highest BCUT2D eigenvalue weighted by Crippen LogP contribution is 2.25. The molecule has 1 aliphatic rings. The van der Waals surface area contributed by atoms with Crippen LogP contribution in [0.25, 0.3) is 0 Å². The van der Waals surface area contributed by atoms with Gasteiger partial charge < -0.3 is 10.4 Å². The molecule has 2 N–H and O–H groups in total. The summed E-state index contributed by atoms with van der Waals surface area (Å²) in [5, 5.41) is 13.0. The van der Waals surface area contributed by atoms with Gasteiger partial charge in [-0.15, -0.1) is 0 Å². The summed E-state index contributed by atoms with van der Waals surface area (Å²) < 4.78 is 0. The quantitative estimate of drug-likeness (QED) is 0.895. The maximum Gasteiger partial charge on any atom is 0.238 e. The van der Waals surface area contributed by atoms with Crippen LogP contribution in [0.4, 0.5) is 5.69 Å². The first-order valence-corrected chi connectivity index (χ1v) is 6.45. The van der Waals surface area contributed by atoms with Crippen LogP contribution in [0.3, 0.4) is 0 Å². The third kappa shape index (κ3) is 3.59. The number of benzene rings is 1. The van der Waals surface area contributed by atoms with E-state index in [0.29, 0.717) is 22.3 Å². The first-order valence-electron chi connectivity index (χ1n) is 5.70. The van der Waals surface area contributed by atoms with Gasteiger partial charge in [0, 0.05) is 18.8 Å². The number of carbonyl (C=O) groups excluding carboxylic acids is 1. The van der Waals surface area contributed by atoms with E-state index in [2.05, 4.69) is 5.32 Å². The number of aliphatic hydroxyl groups is 1. The Hall–Kier alpha value is -0.810. The van der Waals surface area contributed by atoms with Crippen molar-refractivity contribution < 1.29 is 9.90 Å². The molecule has 0 aliphatic carbocycles. The molecular weight excluding hydrogens is 275 g/mol. The van der Waals surface area contributed by atoms with Gasteiger partial charge in [0.1, 0.15) is 0 Å². The van der Waals surface area contributed by atoms with Crippen LogP contribution in [0.5, 0.6) is 0 Å². The predicted molar refractivity (Wildman–Crippen MR) is 72.2 cm³/mol. The molecule has 0 radical (unpaired) electrons. The second-order valence-electron chi connectivity index (χ2n) is 4.35. The lowest BCUT2D eigenvalue weighted by molar-refractivity contribution is -0.117. The van der Waals surface area contributed by atoms with Crippen LogP contribution in [0.15, 0.2) is 18.2 Å². The van der Waals surface area contributed by atoms with Gasteiger partial charge in [0.2, 0.25) is 5.91 Å². The summed E-state index contributed by atoms with van der Waals surface area (Å²) in [6, 6.07) is 4.95. The van der Waals surface area contributed by atoms with Crippen molar-refractivity contribution in [2.24, 2.45) is 0 Å². The number of hydrogen-bond acceptors (Lipinski definition) is 3. The van der Waals surface area contributed by atoms with E-state index < -0.39 is 0 Å². The smallest absolute Gasteiger partial charge is 0.238 e. The van der Waals surface area contributed by atoms with Gasteiger partial charge in [0.05, 0.1) is 22.7 Å². The highest BCUT2D eigenvalue weighted by atomic mass is 35.5. The molecule has 1 atom stereocenters. The van der Waals surface area contributed by atoms with Crippen molar-refractivity contribution in [3.63, 3.8) is 0 Å². The minimum Gasteiger partial charge on any atom is -0.392 e. The predicted octanol–water partition coefficient (Wildman–Crippen LogP) is 2.00. The van der Waals surface area contributed by atoms with Gasteiger partial charge in [0.15, 0.2) is 0 Å². The van der Waals surface area contributed by atoms with Crippen molar-refractivity contribution in [3.05, 3.63) is 28.2 Å². The Balaban J connectivity index is 1.89. The van der Waals surface area contributed by atoms with Crippen LogP contribution in [0.1, 0.15) is 6.42 Å². The number of amides is 1. The number of likely N-dealkylation sites (tertiary alicyclic amines) is 1. The van der Waals surface area contributed by atoms with Gasteiger partial charge in [-0.05, 0) is 24.6 Å². The Bertz CT molecular complexity index is 454. The zero-order chi connectivity index (χ0) is 13.1. The molecule has 0 spiro atoms. The van der Waals surface area contributed by atoms with E-state index in [1.807, 2.05) is 4.90 Å². The molecule has 98 valence electrons. The Morgan fingerprint density at radius 2 is 2.22 bits per heavy atom. The third-order valence-electron chi connectivity index (χ3n) is 2.82. The summed E-state index contributed by atoms with van der Waals surface area (Å²) in [6.07, 6.45) is 0.405. The summed E-state index contributed by atoms with van der Waals surface area (Å²) in [7, 11) is 0. The Morgan fingerprint density at radius 1 is 1.44 bits per heavy atom. The number of nitrogens with zero attached hydrogens (tertiary/aromatic N) is 1. The fraction of sp³-hybridized carbons (Fsp3) is 0.417. The molecule has 0 aromatic heterocycles. The molecule has 1 heterocycles. The molecule has 1 aromatic carbocycles. The third-order valence-corrected chi connectivity index (χ3v) is 3.56. The lowest BCUT2D eigenvalue weighted by Crippen LogP contribution is -2.32. The Kier molecular flexibility index (Phi) is 4.45. The van der Waals surface area contributed by atoms with Crippen molar-refractivity contribution >= 4 is 34.8 Å². The maximum atomic E-state index is 11.8. The summed E-state index contributed by atoms with van der Waals surface area (Å²) in [6.45, 7) is 1.57. The molecule has 1 amide bonds. The van der Waals surface area contributed by atoms with Crippen LogP contribution in [-0.4, -0.2) is 41.7 Å². The number of anilines is 1. The number of aliphatic hydroxyl groups excluding tert-OH is 1. The molecule has 1 fully saturated rings. The zero-order valence-corrected chi connectivity index (χ0v) is 11.2. The second kappa shape index (κ2) is 5.89. The first kappa shape index (κ1) is 13.6. The van der Waals surface area contributed by atoms with E-state index in [1.54, 1.807) is 18.2 Å². The van der Waals surface area contributed by atoms with Crippen molar-refractivity contribution in [1.29, 1.82) is 0 Å². The van der Waals surface area contributed by atoms with Gasteiger partial charge >= 0.3 is 0 Å². The average Bonchev–Trinajstić information content (AvgIpc) is 2.69. The van der Waals surface area contributed by atoms with Gasteiger partial charge in [-0.3, -0.25) is 9.69 Å². The number of rotatable bonds is 3. The Morgan fingerprint density at radius 3 is 2.83 bits per heavy atom. The van der Waals surface area contributed by atoms with Crippen LogP contribution in [-0.2, 0) is 4.79 Å². The van der Waals surface area contributed by atoms with Crippen LogP contribution in [0.2, 0.25) is 10.0 Å². The fourth-order valence-corrected chi connectivity index (χ4v) is 2.23. The molecule has 0 bridgehead atoms. The first-order chi connectivity index (χ1) is 8.54. The van der Waals surface area contributed by atoms with Crippen molar-refractivity contribution in [2.45, 2.75) is 12.5 Å². The second-order valence-corrected chi connectivity index (χ2v) is 5.17. The summed E-state index contributed by atoms with van der Waals surface area (Å²) in [5.41, 5.74) is 0.620. The molecule has 1 aromatic rings. The van der Waals surface area contributed by atoms with Crippen LogP contribution in [0, 0.1) is 0 Å². The zero-order valence-electron chi connectivity index (χ0n) is 9.70. The van der Waals surface area contributed by atoms with Gasteiger partial charge in [0.25, 0.3) is 0 Å². The average molecular weight is 289 g/mol.